The van der Waals surface area contributed by atoms with Gasteiger partial charge in [0.1, 0.15) is 0 Å². The molecule has 0 bridgehead atoms. The normalized spacial score (nSPS) is 26.9. The molecule has 1 aliphatic carbocycles. The number of nitrogens with zero attached hydrogens (tertiary/aromatic N) is 1. The molecule has 1 atom stereocenters. The lowest BCUT2D eigenvalue weighted by molar-refractivity contribution is -0.137. The fraction of sp³-hybridized carbons (Fsp3) is 0.929. The molecule has 106 valence electrons. The maximum absolute atomic E-state index is 12.5. The second-order valence-corrected chi connectivity index (χ2v) is 5.68. The quantitative estimate of drug-likeness (QED) is 0.797. The first-order chi connectivity index (χ1) is 8.27. The third-order valence-corrected chi connectivity index (χ3v) is 4.13. The summed E-state index contributed by atoms with van der Waals surface area (Å²) in [5.41, 5.74) is 0. The van der Waals surface area contributed by atoms with E-state index in [1.54, 1.807) is 0 Å². The summed E-state index contributed by atoms with van der Waals surface area (Å²) >= 11 is 0. The Morgan fingerprint density at radius 1 is 1.11 bits per heavy atom. The molecule has 0 aromatic rings. The van der Waals surface area contributed by atoms with Crippen LogP contribution < -0.4 is 5.32 Å². The Labute approximate surface area is 117 Å². The van der Waals surface area contributed by atoms with Crippen molar-refractivity contribution in [3.63, 3.8) is 0 Å². The van der Waals surface area contributed by atoms with Crippen molar-refractivity contribution in [2.75, 3.05) is 19.6 Å². The smallest absolute Gasteiger partial charge is 0.225 e. The largest absolute Gasteiger partial charge is 0.340 e. The van der Waals surface area contributed by atoms with Gasteiger partial charge in [0.05, 0.1) is 0 Å². The number of halogens is 1. The zero-order chi connectivity index (χ0) is 12.1. The van der Waals surface area contributed by atoms with Gasteiger partial charge in [0.25, 0.3) is 0 Å². The highest BCUT2D eigenvalue weighted by Gasteiger charge is 2.27. The highest BCUT2D eigenvalue weighted by molar-refractivity contribution is 5.85. The van der Waals surface area contributed by atoms with Gasteiger partial charge >= 0.3 is 0 Å². The Morgan fingerprint density at radius 3 is 2.33 bits per heavy atom. The minimum atomic E-state index is 0. The summed E-state index contributed by atoms with van der Waals surface area (Å²) in [6.07, 6.45) is 8.75. The first kappa shape index (κ1) is 15.8. The number of amides is 1. The van der Waals surface area contributed by atoms with E-state index < -0.39 is 0 Å². The van der Waals surface area contributed by atoms with E-state index in [0.717, 1.165) is 32.5 Å². The molecule has 0 spiro atoms. The van der Waals surface area contributed by atoms with E-state index in [4.69, 9.17) is 0 Å². The number of hydrogen-bond donors (Lipinski definition) is 1. The van der Waals surface area contributed by atoms with Crippen molar-refractivity contribution in [2.24, 2.45) is 5.92 Å². The fourth-order valence-electron chi connectivity index (χ4n) is 3.09. The van der Waals surface area contributed by atoms with Crippen molar-refractivity contribution >= 4 is 18.3 Å². The lowest BCUT2D eigenvalue weighted by atomic mass is 9.90. The van der Waals surface area contributed by atoms with E-state index >= 15 is 0 Å². The van der Waals surface area contributed by atoms with Crippen molar-refractivity contribution in [2.45, 2.75) is 57.9 Å². The molecule has 2 rings (SSSR count). The van der Waals surface area contributed by atoms with E-state index in [1.807, 2.05) is 0 Å². The molecule has 0 radical (unpaired) electrons. The summed E-state index contributed by atoms with van der Waals surface area (Å²) in [4.78, 5) is 14.6. The molecule has 4 heteroatoms. The molecular weight excluding hydrogens is 248 g/mol. The molecule has 1 amide bonds. The predicted octanol–water partition coefficient (Wildman–Crippen LogP) is 2.59. The van der Waals surface area contributed by atoms with Crippen molar-refractivity contribution in [3.05, 3.63) is 0 Å². The van der Waals surface area contributed by atoms with Gasteiger partial charge in [-0.05, 0) is 19.8 Å². The summed E-state index contributed by atoms with van der Waals surface area (Å²) in [7, 11) is 0. The number of rotatable bonds is 1. The van der Waals surface area contributed by atoms with Gasteiger partial charge in [0.15, 0.2) is 0 Å². The van der Waals surface area contributed by atoms with Crippen molar-refractivity contribution in [1.29, 1.82) is 0 Å². The molecule has 1 N–H and O–H groups in total. The SMILES string of the molecule is C[C@H]1CN(C(=O)C2CCCCCCC2)CCN1.Cl. The summed E-state index contributed by atoms with van der Waals surface area (Å²) < 4.78 is 0. The Bertz CT molecular complexity index is 252. The van der Waals surface area contributed by atoms with E-state index in [0.29, 0.717) is 17.9 Å². The second kappa shape index (κ2) is 8.00. The number of carbonyl (C=O) groups is 1. The lowest BCUT2D eigenvalue weighted by Gasteiger charge is -2.34. The van der Waals surface area contributed by atoms with Crippen LogP contribution in [0.25, 0.3) is 0 Å². The average molecular weight is 275 g/mol. The number of nitrogens with one attached hydrogen (secondary N) is 1. The van der Waals surface area contributed by atoms with Crippen molar-refractivity contribution < 1.29 is 4.79 Å². The average Bonchev–Trinajstić information content (AvgIpc) is 2.28. The molecule has 0 unspecified atom stereocenters. The number of piperazine rings is 1. The van der Waals surface area contributed by atoms with Gasteiger partial charge in [-0.3, -0.25) is 4.79 Å². The molecule has 1 saturated carbocycles. The number of hydrogen-bond acceptors (Lipinski definition) is 2. The summed E-state index contributed by atoms with van der Waals surface area (Å²) in [5, 5.41) is 3.40. The fourth-order valence-corrected chi connectivity index (χ4v) is 3.09. The van der Waals surface area contributed by atoms with Gasteiger partial charge in [-0.25, -0.2) is 0 Å². The van der Waals surface area contributed by atoms with Crippen LogP contribution in [0.4, 0.5) is 0 Å². The van der Waals surface area contributed by atoms with Gasteiger partial charge in [-0.15, -0.1) is 12.4 Å². The second-order valence-electron chi connectivity index (χ2n) is 5.68. The van der Waals surface area contributed by atoms with E-state index in [2.05, 4.69) is 17.1 Å². The van der Waals surface area contributed by atoms with Crippen molar-refractivity contribution in [3.8, 4) is 0 Å². The van der Waals surface area contributed by atoms with Gasteiger partial charge in [-0.1, -0.05) is 32.1 Å². The van der Waals surface area contributed by atoms with Crippen LogP contribution in [0.1, 0.15) is 51.9 Å². The maximum atomic E-state index is 12.5. The van der Waals surface area contributed by atoms with E-state index in [-0.39, 0.29) is 12.4 Å². The van der Waals surface area contributed by atoms with Crippen LogP contribution in [0, 0.1) is 5.92 Å². The predicted molar refractivity (Wildman–Crippen MR) is 77.1 cm³/mol. The van der Waals surface area contributed by atoms with E-state index in [1.165, 1.54) is 32.1 Å². The van der Waals surface area contributed by atoms with Crippen molar-refractivity contribution in [1.82, 2.24) is 10.2 Å². The summed E-state index contributed by atoms with van der Waals surface area (Å²) in [6, 6.07) is 0.459. The molecule has 18 heavy (non-hydrogen) atoms. The van der Waals surface area contributed by atoms with Gasteiger partial charge in [-0.2, -0.15) is 0 Å². The molecule has 0 aromatic carbocycles. The first-order valence-corrected chi connectivity index (χ1v) is 7.29. The maximum Gasteiger partial charge on any atom is 0.225 e. The lowest BCUT2D eigenvalue weighted by Crippen LogP contribution is -2.52. The van der Waals surface area contributed by atoms with Crippen LogP contribution in [0.3, 0.4) is 0 Å². The van der Waals surface area contributed by atoms with Gasteiger partial charge < -0.3 is 10.2 Å². The van der Waals surface area contributed by atoms with E-state index in [9.17, 15) is 4.79 Å². The van der Waals surface area contributed by atoms with Crippen LogP contribution in [-0.4, -0.2) is 36.5 Å². The van der Waals surface area contributed by atoms with Crippen LogP contribution >= 0.6 is 12.4 Å². The zero-order valence-corrected chi connectivity index (χ0v) is 12.3. The number of carbonyl (C=O) groups excluding carboxylic acids is 1. The highest BCUT2D eigenvalue weighted by Crippen LogP contribution is 2.24. The first-order valence-electron chi connectivity index (χ1n) is 7.29. The molecular formula is C14H27ClN2O. The molecule has 2 fully saturated rings. The zero-order valence-electron chi connectivity index (χ0n) is 11.5. The van der Waals surface area contributed by atoms with Gasteiger partial charge in [0, 0.05) is 31.6 Å². The van der Waals surface area contributed by atoms with Crippen LogP contribution in [0.15, 0.2) is 0 Å². The topological polar surface area (TPSA) is 32.3 Å². The molecule has 1 aliphatic heterocycles. The molecule has 0 aromatic heterocycles. The molecule has 3 nitrogen and oxygen atoms in total. The molecule has 1 saturated heterocycles. The summed E-state index contributed by atoms with van der Waals surface area (Å²) in [6.45, 7) is 4.92. The molecule has 2 aliphatic rings. The monoisotopic (exact) mass is 274 g/mol. The molecule has 1 heterocycles. The van der Waals surface area contributed by atoms with Crippen LogP contribution in [-0.2, 0) is 4.79 Å². The third kappa shape index (κ3) is 4.43. The Morgan fingerprint density at radius 2 is 1.72 bits per heavy atom. The third-order valence-electron chi connectivity index (χ3n) is 4.13. The minimum Gasteiger partial charge on any atom is -0.340 e. The standard InChI is InChI=1S/C14H26N2O.ClH/c1-12-11-16(10-9-15-12)14(17)13-7-5-3-2-4-6-8-13;/h12-13,15H,2-11H2,1H3;1H/t12-;/m0./s1. The Kier molecular flexibility index (Phi) is 7.02. The Hall–Kier alpha value is -0.280. The summed E-state index contributed by atoms with van der Waals surface area (Å²) in [5.74, 6) is 0.751. The highest BCUT2D eigenvalue weighted by atomic mass is 35.5. The van der Waals surface area contributed by atoms with Crippen LogP contribution in [0.2, 0.25) is 0 Å². The Balaban J connectivity index is 0.00000162. The minimum absolute atomic E-state index is 0. The van der Waals surface area contributed by atoms with Crippen LogP contribution in [0.5, 0.6) is 0 Å². The van der Waals surface area contributed by atoms with Gasteiger partial charge in [0.2, 0.25) is 5.91 Å².